The molecule has 0 aliphatic carbocycles. The predicted molar refractivity (Wildman–Crippen MR) is 105 cm³/mol. The van der Waals surface area contributed by atoms with Crippen molar-refractivity contribution in [3.05, 3.63) is 53.6 Å². The summed E-state index contributed by atoms with van der Waals surface area (Å²) in [5, 5.41) is 11.5. The van der Waals surface area contributed by atoms with E-state index < -0.39 is 17.0 Å². The summed E-state index contributed by atoms with van der Waals surface area (Å²) in [5.74, 6) is -0.746. The van der Waals surface area contributed by atoms with Gasteiger partial charge in [0, 0.05) is 30.6 Å². The molecule has 3 heterocycles. The summed E-state index contributed by atoms with van der Waals surface area (Å²) in [4.78, 5) is 30.3. The van der Waals surface area contributed by atoms with E-state index in [4.69, 9.17) is 4.74 Å². The Balaban J connectivity index is 1.97. The third-order valence-corrected chi connectivity index (χ3v) is 5.88. The fourth-order valence-electron chi connectivity index (χ4n) is 4.59. The standard InChI is InChI=1S/C22H26N2O4/c1-4-9-22(27)17(19(25)23-10-12-28-13-11-23)18-16-8-6-5-7-15(16)14-21(2,3)24(18)20(22)26/h4-8,27H,1,9-14H2,2-3H3/t22-/m0/s1. The van der Waals surface area contributed by atoms with Crippen LogP contribution < -0.4 is 0 Å². The molecule has 1 atom stereocenters. The summed E-state index contributed by atoms with van der Waals surface area (Å²) >= 11 is 0. The van der Waals surface area contributed by atoms with E-state index in [0.717, 1.165) is 11.1 Å². The fraction of sp³-hybridized carbons (Fsp3) is 0.455. The van der Waals surface area contributed by atoms with Crippen molar-refractivity contribution < 1.29 is 19.4 Å². The third-order valence-electron chi connectivity index (χ3n) is 5.88. The molecule has 4 rings (SSSR count). The van der Waals surface area contributed by atoms with Gasteiger partial charge in [-0.05, 0) is 25.8 Å². The summed E-state index contributed by atoms with van der Waals surface area (Å²) in [7, 11) is 0. The summed E-state index contributed by atoms with van der Waals surface area (Å²) in [6.07, 6.45) is 2.15. The van der Waals surface area contributed by atoms with Gasteiger partial charge in [-0.1, -0.05) is 30.3 Å². The lowest BCUT2D eigenvalue weighted by Gasteiger charge is -2.43. The number of carbonyl (C=O) groups is 2. The number of amides is 2. The first kappa shape index (κ1) is 18.9. The predicted octanol–water partition coefficient (Wildman–Crippen LogP) is 1.74. The molecule has 0 saturated carbocycles. The second-order valence-corrected chi connectivity index (χ2v) is 8.27. The van der Waals surface area contributed by atoms with Crippen LogP contribution >= 0.6 is 0 Å². The monoisotopic (exact) mass is 382 g/mol. The Morgan fingerprint density at radius 3 is 2.64 bits per heavy atom. The van der Waals surface area contributed by atoms with E-state index in [1.807, 2.05) is 38.1 Å². The Hall–Kier alpha value is -2.44. The van der Waals surface area contributed by atoms with Gasteiger partial charge < -0.3 is 19.6 Å². The molecule has 1 aromatic rings. The Morgan fingerprint density at radius 2 is 1.96 bits per heavy atom. The van der Waals surface area contributed by atoms with Gasteiger partial charge in [-0.25, -0.2) is 0 Å². The van der Waals surface area contributed by atoms with Crippen LogP contribution in [-0.2, 0) is 20.7 Å². The second-order valence-electron chi connectivity index (χ2n) is 8.27. The lowest BCUT2D eigenvalue weighted by Crippen LogP contribution is -2.54. The zero-order valence-corrected chi connectivity index (χ0v) is 16.4. The third kappa shape index (κ3) is 2.63. The fourth-order valence-corrected chi connectivity index (χ4v) is 4.59. The molecule has 1 aromatic carbocycles. The largest absolute Gasteiger partial charge is 0.378 e. The molecule has 1 saturated heterocycles. The van der Waals surface area contributed by atoms with Crippen molar-refractivity contribution >= 4 is 17.5 Å². The van der Waals surface area contributed by atoms with Crippen molar-refractivity contribution in [2.75, 3.05) is 26.3 Å². The highest BCUT2D eigenvalue weighted by molar-refractivity contribution is 6.17. The van der Waals surface area contributed by atoms with Crippen LogP contribution in [0.1, 0.15) is 31.4 Å². The van der Waals surface area contributed by atoms with Gasteiger partial charge in [0.1, 0.15) is 0 Å². The van der Waals surface area contributed by atoms with Gasteiger partial charge in [0.05, 0.1) is 24.5 Å². The van der Waals surface area contributed by atoms with Gasteiger partial charge in [-0.2, -0.15) is 0 Å². The van der Waals surface area contributed by atoms with Crippen molar-refractivity contribution in [3.63, 3.8) is 0 Å². The van der Waals surface area contributed by atoms with Crippen LogP contribution in [0.4, 0.5) is 0 Å². The molecule has 0 aromatic heterocycles. The summed E-state index contributed by atoms with van der Waals surface area (Å²) in [5.41, 5.74) is 0.162. The highest BCUT2D eigenvalue weighted by Crippen LogP contribution is 2.49. The quantitative estimate of drug-likeness (QED) is 0.809. The molecule has 28 heavy (non-hydrogen) atoms. The van der Waals surface area contributed by atoms with Crippen LogP contribution in [0.3, 0.4) is 0 Å². The average molecular weight is 382 g/mol. The number of nitrogens with zero attached hydrogens (tertiary/aromatic N) is 2. The zero-order valence-electron chi connectivity index (χ0n) is 16.4. The Morgan fingerprint density at radius 1 is 1.29 bits per heavy atom. The molecule has 0 spiro atoms. The number of hydrogen-bond acceptors (Lipinski definition) is 4. The van der Waals surface area contributed by atoms with Crippen LogP contribution in [0, 0.1) is 0 Å². The molecular weight excluding hydrogens is 356 g/mol. The minimum atomic E-state index is -1.90. The molecule has 3 aliphatic heterocycles. The van der Waals surface area contributed by atoms with E-state index in [-0.39, 0.29) is 17.9 Å². The molecule has 0 radical (unpaired) electrons. The lowest BCUT2D eigenvalue weighted by molar-refractivity contribution is -0.148. The molecular formula is C22H26N2O4. The number of aliphatic hydroxyl groups is 1. The van der Waals surface area contributed by atoms with Crippen LogP contribution in [0.15, 0.2) is 42.5 Å². The Labute approximate surface area is 165 Å². The summed E-state index contributed by atoms with van der Waals surface area (Å²) in [6.45, 7) is 9.44. The van der Waals surface area contributed by atoms with E-state index in [9.17, 15) is 14.7 Å². The van der Waals surface area contributed by atoms with Crippen LogP contribution in [-0.4, -0.2) is 64.2 Å². The zero-order chi connectivity index (χ0) is 20.1. The first-order valence-electron chi connectivity index (χ1n) is 9.69. The molecule has 3 aliphatic rings. The number of rotatable bonds is 3. The lowest BCUT2D eigenvalue weighted by atomic mass is 9.83. The molecule has 2 amide bonds. The molecule has 0 bridgehead atoms. The number of benzene rings is 1. The van der Waals surface area contributed by atoms with E-state index >= 15 is 0 Å². The minimum absolute atomic E-state index is 0.00447. The van der Waals surface area contributed by atoms with Crippen LogP contribution in [0.2, 0.25) is 0 Å². The van der Waals surface area contributed by atoms with Gasteiger partial charge in [0.25, 0.3) is 11.8 Å². The highest BCUT2D eigenvalue weighted by Gasteiger charge is 2.59. The smallest absolute Gasteiger partial charge is 0.264 e. The molecule has 0 unspecified atom stereocenters. The van der Waals surface area contributed by atoms with Crippen molar-refractivity contribution in [3.8, 4) is 0 Å². The molecule has 6 nitrogen and oxygen atoms in total. The van der Waals surface area contributed by atoms with Crippen molar-refractivity contribution in [1.29, 1.82) is 0 Å². The first-order valence-corrected chi connectivity index (χ1v) is 9.69. The van der Waals surface area contributed by atoms with E-state index in [0.29, 0.717) is 38.4 Å². The summed E-state index contributed by atoms with van der Waals surface area (Å²) in [6, 6.07) is 7.80. The molecule has 6 heteroatoms. The van der Waals surface area contributed by atoms with Crippen molar-refractivity contribution in [2.24, 2.45) is 0 Å². The normalized spacial score (nSPS) is 26.2. The average Bonchev–Trinajstić information content (AvgIpc) is 2.90. The number of hydrogen-bond donors (Lipinski definition) is 1. The number of morpholine rings is 1. The van der Waals surface area contributed by atoms with Crippen molar-refractivity contribution in [1.82, 2.24) is 9.80 Å². The van der Waals surface area contributed by atoms with Crippen LogP contribution in [0.25, 0.3) is 5.70 Å². The summed E-state index contributed by atoms with van der Waals surface area (Å²) < 4.78 is 5.36. The first-order chi connectivity index (χ1) is 13.3. The maximum atomic E-state index is 13.6. The number of fused-ring (bicyclic) bond motifs is 3. The number of ether oxygens (including phenoxy) is 1. The number of carbonyl (C=O) groups excluding carboxylic acids is 2. The molecule has 148 valence electrons. The Bertz CT molecular complexity index is 882. The topological polar surface area (TPSA) is 70.1 Å². The minimum Gasteiger partial charge on any atom is -0.378 e. The van der Waals surface area contributed by atoms with Gasteiger partial charge >= 0.3 is 0 Å². The van der Waals surface area contributed by atoms with Gasteiger partial charge in [-0.3, -0.25) is 9.59 Å². The highest BCUT2D eigenvalue weighted by atomic mass is 16.5. The van der Waals surface area contributed by atoms with Crippen LogP contribution in [0.5, 0.6) is 0 Å². The van der Waals surface area contributed by atoms with E-state index in [1.54, 1.807) is 9.80 Å². The maximum absolute atomic E-state index is 13.6. The van der Waals surface area contributed by atoms with E-state index in [2.05, 4.69) is 6.58 Å². The van der Waals surface area contributed by atoms with E-state index in [1.165, 1.54) is 6.08 Å². The molecule has 1 fully saturated rings. The van der Waals surface area contributed by atoms with Crippen molar-refractivity contribution in [2.45, 2.75) is 37.8 Å². The Kier molecular flexibility index (Phi) is 4.43. The van der Waals surface area contributed by atoms with Gasteiger partial charge in [-0.15, -0.1) is 6.58 Å². The maximum Gasteiger partial charge on any atom is 0.264 e. The molecule has 1 N–H and O–H groups in total. The van der Waals surface area contributed by atoms with Gasteiger partial charge in [0.15, 0.2) is 5.60 Å². The van der Waals surface area contributed by atoms with Gasteiger partial charge in [0.2, 0.25) is 0 Å². The SMILES string of the molecule is C=CC[C@@]1(O)C(=O)N2C(=C1C(=O)N1CCOCC1)c1ccccc1CC2(C)C. The second kappa shape index (κ2) is 6.57.